The highest BCUT2D eigenvalue weighted by Crippen LogP contribution is 2.22. The van der Waals surface area contributed by atoms with Crippen molar-refractivity contribution < 1.29 is 9.90 Å². The number of hydrogen-bond donors (Lipinski definition) is 2. The van der Waals surface area contributed by atoms with Gasteiger partial charge in [0.05, 0.1) is 11.1 Å². The first-order chi connectivity index (χ1) is 9.24. The van der Waals surface area contributed by atoms with Crippen molar-refractivity contribution in [1.29, 1.82) is 0 Å². The van der Waals surface area contributed by atoms with E-state index in [1.165, 1.54) is 0 Å². The van der Waals surface area contributed by atoms with E-state index < -0.39 is 5.97 Å². The third-order valence-electron chi connectivity index (χ3n) is 3.12. The molecule has 2 heterocycles. The lowest BCUT2D eigenvalue weighted by atomic mass is 10.1. The number of hydrogen-bond acceptors (Lipinski definition) is 5. The number of thioether (sulfide) groups is 1. The molecular formula is C13H13N3O2S. The van der Waals surface area contributed by atoms with E-state index in [0.29, 0.717) is 22.9 Å². The molecule has 1 unspecified atom stereocenters. The Balaban J connectivity index is 1.94. The van der Waals surface area contributed by atoms with Crippen LogP contribution >= 0.6 is 11.8 Å². The van der Waals surface area contributed by atoms with E-state index in [4.69, 9.17) is 5.11 Å². The molecule has 98 valence electrons. The number of carboxylic acid groups (broad SMARTS) is 1. The van der Waals surface area contributed by atoms with Crippen LogP contribution in [0.25, 0.3) is 10.9 Å². The zero-order valence-corrected chi connectivity index (χ0v) is 11.0. The lowest BCUT2D eigenvalue weighted by Gasteiger charge is -2.11. The summed E-state index contributed by atoms with van der Waals surface area (Å²) in [5, 5.41) is 13.0. The molecule has 0 radical (unpaired) electrons. The van der Waals surface area contributed by atoms with Crippen LogP contribution in [0, 0.1) is 0 Å². The van der Waals surface area contributed by atoms with Crippen LogP contribution in [0.4, 0.5) is 5.95 Å². The van der Waals surface area contributed by atoms with Crippen molar-refractivity contribution in [3.05, 3.63) is 30.0 Å². The highest BCUT2D eigenvalue weighted by molar-refractivity contribution is 7.99. The van der Waals surface area contributed by atoms with Crippen LogP contribution in [0.15, 0.2) is 24.4 Å². The molecule has 1 aromatic heterocycles. The van der Waals surface area contributed by atoms with Crippen molar-refractivity contribution in [2.45, 2.75) is 12.5 Å². The molecule has 6 heteroatoms. The van der Waals surface area contributed by atoms with Gasteiger partial charge in [0, 0.05) is 23.4 Å². The van der Waals surface area contributed by atoms with Crippen LogP contribution in [-0.4, -0.2) is 38.6 Å². The molecule has 1 aliphatic heterocycles. The fraction of sp³-hybridized carbons (Fsp3) is 0.308. The van der Waals surface area contributed by atoms with E-state index in [-0.39, 0.29) is 5.56 Å². The molecular weight excluding hydrogens is 262 g/mol. The number of benzene rings is 1. The van der Waals surface area contributed by atoms with Gasteiger partial charge in [-0.25, -0.2) is 14.8 Å². The minimum Gasteiger partial charge on any atom is -0.478 e. The van der Waals surface area contributed by atoms with Crippen molar-refractivity contribution in [3.8, 4) is 0 Å². The monoisotopic (exact) mass is 275 g/mol. The van der Waals surface area contributed by atoms with Crippen LogP contribution in [0.2, 0.25) is 0 Å². The van der Waals surface area contributed by atoms with E-state index >= 15 is 0 Å². The summed E-state index contributed by atoms with van der Waals surface area (Å²) in [6.07, 6.45) is 2.69. The van der Waals surface area contributed by atoms with Gasteiger partial charge in [0.15, 0.2) is 0 Å². The zero-order chi connectivity index (χ0) is 13.2. The number of nitrogens with zero attached hydrogens (tertiary/aromatic N) is 2. The largest absolute Gasteiger partial charge is 0.478 e. The summed E-state index contributed by atoms with van der Waals surface area (Å²) >= 11 is 1.92. The highest BCUT2D eigenvalue weighted by atomic mass is 32.2. The zero-order valence-electron chi connectivity index (χ0n) is 10.2. The van der Waals surface area contributed by atoms with Gasteiger partial charge in [-0.05, 0) is 24.3 Å². The van der Waals surface area contributed by atoms with Gasteiger partial charge in [-0.2, -0.15) is 11.8 Å². The molecule has 0 saturated carbocycles. The molecule has 5 nitrogen and oxygen atoms in total. The van der Waals surface area contributed by atoms with Gasteiger partial charge >= 0.3 is 5.97 Å². The molecule has 2 aromatic rings. The lowest BCUT2D eigenvalue weighted by molar-refractivity contribution is 0.0699. The molecule has 0 bridgehead atoms. The Morgan fingerprint density at radius 3 is 3.11 bits per heavy atom. The summed E-state index contributed by atoms with van der Waals surface area (Å²) in [5.74, 6) is 1.84. The Hall–Kier alpha value is -1.82. The number of aromatic carboxylic acids is 1. The van der Waals surface area contributed by atoms with E-state index in [9.17, 15) is 4.79 Å². The fourth-order valence-electron chi connectivity index (χ4n) is 2.14. The molecule has 3 rings (SSSR count). The number of rotatable bonds is 3. The first-order valence-corrected chi connectivity index (χ1v) is 7.23. The predicted octanol–water partition coefficient (Wildman–Crippen LogP) is 2.25. The summed E-state index contributed by atoms with van der Waals surface area (Å²) in [5.41, 5.74) is 0.892. The summed E-state index contributed by atoms with van der Waals surface area (Å²) in [4.78, 5) is 19.7. The average molecular weight is 275 g/mol. The van der Waals surface area contributed by atoms with Gasteiger partial charge in [-0.1, -0.05) is 6.07 Å². The number of carbonyl (C=O) groups is 1. The van der Waals surface area contributed by atoms with E-state index in [2.05, 4.69) is 15.3 Å². The van der Waals surface area contributed by atoms with Crippen LogP contribution in [0.3, 0.4) is 0 Å². The highest BCUT2D eigenvalue weighted by Gasteiger charge is 2.16. The van der Waals surface area contributed by atoms with Crippen molar-refractivity contribution in [1.82, 2.24) is 9.97 Å². The van der Waals surface area contributed by atoms with Crippen molar-refractivity contribution >= 4 is 34.6 Å². The Bertz CT molecular complexity index is 626. The molecule has 0 spiro atoms. The molecule has 0 aliphatic carbocycles. The van der Waals surface area contributed by atoms with Crippen molar-refractivity contribution in [2.75, 3.05) is 16.8 Å². The maximum absolute atomic E-state index is 11.1. The van der Waals surface area contributed by atoms with Crippen LogP contribution < -0.4 is 5.32 Å². The van der Waals surface area contributed by atoms with Crippen molar-refractivity contribution in [2.24, 2.45) is 0 Å². The summed E-state index contributed by atoms with van der Waals surface area (Å²) in [6.45, 7) is 0. The molecule has 2 N–H and O–H groups in total. The summed E-state index contributed by atoms with van der Waals surface area (Å²) in [7, 11) is 0. The Kier molecular flexibility index (Phi) is 3.25. The topological polar surface area (TPSA) is 75.1 Å². The van der Waals surface area contributed by atoms with Crippen LogP contribution in [0.5, 0.6) is 0 Å². The van der Waals surface area contributed by atoms with Crippen LogP contribution in [-0.2, 0) is 0 Å². The fourth-order valence-corrected chi connectivity index (χ4v) is 3.29. The SMILES string of the molecule is O=C(O)c1cccc2nc(NC3CCSC3)ncc12. The van der Waals surface area contributed by atoms with Crippen LogP contribution in [0.1, 0.15) is 16.8 Å². The van der Waals surface area contributed by atoms with Gasteiger partial charge in [0.25, 0.3) is 0 Å². The Morgan fingerprint density at radius 2 is 2.37 bits per heavy atom. The minimum absolute atomic E-state index is 0.237. The minimum atomic E-state index is -0.956. The second kappa shape index (κ2) is 5.05. The van der Waals surface area contributed by atoms with Gasteiger partial charge < -0.3 is 10.4 Å². The van der Waals surface area contributed by atoms with Gasteiger partial charge in [-0.3, -0.25) is 0 Å². The first kappa shape index (κ1) is 12.2. The third kappa shape index (κ3) is 2.49. The Morgan fingerprint density at radius 1 is 1.47 bits per heavy atom. The summed E-state index contributed by atoms with van der Waals surface area (Å²) < 4.78 is 0. The molecule has 1 saturated heterocycles. The standard InChI is InChI=1S/C13H13N3O2S/c17-12(18)9-2-1-3-11-10(9)6-14-13(16-11)15-8-4-5-19-7-8/h1-3,6,8H,4-5,7H2,(H,17,18)(H,14,15,16). The molecule has 1 aromatic carbocycles. The lowest BCUT2D eigenvalue weighted by Crippen LogP contribution is -2.19. The van der Waals surface area contributed by atoms with Gasteiger partial charge in [0.2, 0.25) is 5.95 Å². The molecule has 1 fully saturated rings. The van der Waals surface area contributed by atoms with Gasteiger partial charge in [-0.15, -0.1) is 0 Å². The van der Waals surface area contributed by atoms with Gasteiger partial charge in [0.1, 0.15) is 0 Å². The van der Waals surface area contributed by atoms with E-state index in [0.717, 1.165) is 17.9 Å². The smallest absolute Gasteiger partial charge is 0.336 e. The first-order valence-electron chi connectivity index (χ1n) is 6.07. The maximum atomic E-state index is 11.1. The number of nitrogens with one attached hydrogen (secondary N) is 1. The molecule has 0 amide bonds. The van der Waals surface area contributed by atoms with E-state index in [1.807, 2.05) is 11.8 Å². The third-order valence-corrected chi connectivity index (χ3v) is 4.28. The average Bonchev–Trinajstić information content (AvgIpc) is 2.90. The predicted molar refractivity (Wildman–Crippen MR) is 75.9 cm³/mol. The number of aromatic nitrogens is 2. The number of fused-ring (bicyclic) bond motifs is 1. The molecule has 1 atom stereocenters. The quantitative estimate of drug-likeness (QED) is 0.894. The number of anilines is 1. The summed E-state index contributed by atoms with van der Waals surface area (Å²) in [6, 6.07) is 5.48. The molecule has 1 aliphatic rings. The second-order valence-electron chi connectivity index (χ2n) is 4.44. The molecule has 19 heavy (non-hydrogen) atoms. The van der Waals surface area contributed by atoms with E-state index in [1.54, 1.807) is 24.4 Å². The normalized spacial score (nSPS) is 18.6. The number of carboxylic acids is 1. The van der Waals surface area contributed by atoms with Crippen molar-refractivity contribution in [3.63, 3.8) is 0 Å². The Labute approximate surface area is 114 Å². The maximum Gasteiger partial charge on any atom is 0.336 e. The second-order valence-corrected chi connectivity index (χ2v) is 5.59.